The van der Waals surface area contributed by atoms with E-state index in [1.165, 1.54) is 6.42 Å². The van der Waals surface area contributed by atoms with Crippen molar-refractivity contribution in [2.75, 3.05) is 11.9 Å². The zero-order valence-electron chi connectivity index (χ0n) is 10.5. The van der Waals surface area contributed by atoms with Crippen LogP contribution >= 0.6 is 24.0 Å². The van der Waals surface area contributed by atoms with E-state index in [1.54, 1.807) is 0 Å². The first kappa shape index (κ1) is 16.2. The monoisotopic (exact) mass is 347 g/mol. The molecule has 0 aliphatic rings. The van der Waals surface area contributed by atoms with Crippen LogP contribution in [0, 0.1) is 5.92 Å². The summed E-state index contributed by atoms with van der Waals surface area (Å²) in [5.41, 5.74) is 6.74. The Morgan fingerprint density at radius 1 is 1.29 bits per heavy atom. The minimum absolute atomic E-state index is 0. The number of guanidine groups is 1. The summed E-state index contributed by atoms with van der Waals surface area (Å²) in [6.45, 7) is 5.23. The van der Waals surface area contributed by atoms with Crippen molar-refractivity contribution in [3.63, 3.8) is 0 Å². The van der Waals surface area contributed by atoms with E-state index in [1.807, 2.05) is 30.3 Å². The summed E-state index contributed by atoms with van der Waals surface area (Å²) in [5, 5.41) is 3.06. The van der Waals surface area contributed by atoms with Crippen LogP contribution in [0.15, 0.2) is 35.3 Å². The maximum Gasteiger partial charge on any atom is 0.193 e. The van der Waals surface area contributed by atoms with E-state index in [0.29, 0.717) is 5.96 Å². The molecule has 0 spiro atoms. The molecule has 1 rings (SSSR count). The lowest BCUT2D eigenvalue weighted by molar-refractivity contribution is 0.561. The van der Waals surface area contributed by atoms with E-state index in [-0.39, 0.29) is 24.0 Å². The molecule has 0 radical (unpaired) electrons. The number of para-hydroxylation sites is 1. The molecule has 0 aliphatic heterocycles. The molecule has 1 aromatic rings. The standard InChI is InChI=1S/C13H21N3.HI/c1-11(2)7-6-10-15-13(14)16-12-8-4-3-5-9-12;/h3-5,8-9,11H,6-7,10H2,1-2H3,(H3,14,15,16);1H. The minimum atomic E-state index is 0. The van der Waals surface area contributed by atoms with Crippen LogP contribution < -0.4 is 11.1 Å². The molecule has 0 heterocycles. The van der Waals surface area contributed by atoms with Crippen molar-refractivity contribution in [1.29, 1.82) is 0 Å². The minimum Gasteiger partial charge on any atom is -0.370 e. The molecule has 0 amide bonds. The van der Waals surface area contributed by atoms with Crippen LogP contribution in [0.3, 0.4) is 0 Å². The molecule has 0 aromatic heterocycles. The third-order valence-corrected chi connectivity index (χ3v) is 2.27. The highest BCUT2D eigenvalue weighted by Crippen LogP contribution is 2.05. The zero-order valence-corrected chi connectivity index (χ0v) is 12.8. The summed E-state index contributed by atoms with van der Waals surface area (Å²) in [5.74, 6) is 1.23. The highest BCUT2D eigenvalue weighted by molar-refractivity contribution is 14.0. The van der Waals surface area contributed by atoms with Gasteiger partial charge in [0.2, 0.25) is 0 Å². The van der Waals surface area contributed by atoms with Crippen molar-refractivity contribution in [1.82, 2.24) is 0 Å². The van der Waals surface area contributed by atoms with Crippen LogP contribution in [-0.4, -0.2) is 12.5 Å². The van der Waals surface area contributed by atoms with Crippen molar-refractivity contribution < 1.29 is 0 Å². The van der Waals surface area contributed by atoms with Crippen molar-refractivity contribution in [3.8, 4) is 0 Å². The Morgan fingerprint density at radius 3 is 2.53 bits per heavy atom. The highest BCUT2D eigenvalue weighted by atomic mass is 127. The molecule has 96 valence electrons. The Hall–Kier alpha value is -0.780. The van der Waals surface area contributed by atoms with Crippen LogP contribution in [0.4, 0.5) is 5.69 Å². The predicted octanol–water partition coefficient (Wildman–Crippen LogP) is 3.47. The van der Waals surface area contributed by atoms with E-state index in [0.717, 1.165) is 24.6 Å². The van der Waals surface area contributed by atoms with Crippen molar-refractivity contribution >= 4 is 35.6 Å². The summed E-state index contributed by atoms with van der Waals surface area (Å²) in [4.78, 5) is 4.27. The Kier molecular flexibility index (Phi) is 8.85. The number of halogens is 1. The van der Waals surface area contributed by atoms with Gasteiger partial charge in [-0.25, -0.2) is 0 Å². The summed E-state index contributed by atoms with van der Waals surface area (Å²) in [7, 11) is 0. The number of anilines is 1. The third kappa shape index (κ3) is 8.01. The molecule has 0 aliphatic carbocycles. The Morgan fingerprint density at radius 2 is 1.94 bits per heavy atom. The van der Waals surface area contributed by atoms with Crippen LogP contribution in [-0.2, 0) is 0 Å². The lowest BCUT2D eigenvalue weighted by atomic mass is 10.1. The van der Waals surface area contributed by atoms with Crippen LogP contribution in [0.1, 0.15) is 26.7 Å². The molecule has 3 N–H and O–H groups in total. The third-order valence-electron chi connectivity index (χ3n) is 2.27. The quantitative estimate of drug-likeness (QED) is 0.371. The van der Waals surface area contributed by atoms with Gasteiger partial charge in [0.25, 0.3) is 0 Å². The number of benzene rings is 1. The van der Waals surface area contributed by atoms with Gasteiger partial charge in [-0.05, 0) is 30.9 Å². The molecule has 0 saturated heterocycles. The van der Waals surface area contributed by atoms with Gasteiger partial charge in [-0.15, -0.1) is 24.0 Å². The second-order valence-corrected chi connectivity index (χ2v) is 4.29. The smallest absolute Gasteiger partial charge is 0.193 e. The lowest BCUT2D eigenvalue weighted by Gasteiger charge is -2.05. The van der Waals surface area contributed by atoms with Crippen molar-refractivity contribution in [2.24, 2.45) is 16.6 Å². The van der Waals surface area contributed by atoms with Crippen LogP contribution in [0.25, 0.3) is 0 Å². The topological polar surface area (TPSA) is 50.4 Å². The molecule has 0 fully saturated rings. The largest absolute Gasteiger partial charge is 0.370 e. The summed E-state index contributed by atoms with van der Waals surface area (Å²) in [6, 6.07) is 9.84. The summed E-state index contributed by atoms with van der Waals surface area (Å²) >= 11 is 0. The normalized spacial score (nSPS) is 11.1. The van der Waals surface area contributed by atoms with Crippen LogP contribution in [0.5, 0.6) is 0 Å². The first-order valence-electron chi connectivity index (χ1n) is 5.80. The summed E-state index contributed by atoms with van der Waals surface area (Å²) in [6.07, 6.45) is 2.29. The van der Waals surface area contributed by atoms with Gasteiger partial charge in [0.15, 0.2) is 5.96 Å². The fourth-order valence-corrected chi connectivity index (χ4v) is 1.41. The van der Waals surface area contributed by atoms with Gasteiger partial charge in [-0.2, -0.15) is 0 Å². The maximum atomic E-state index is 5.76. The van der Waals surface area contributed by atoms with Crippen molar-refractivity contribution in [2.45, 2.75) is 26.7 Å². The molecule has 0 saturated carbocycles. The molecule has 17 heavy (non-hydrogen) atoms. The number of nitrogens with two attached hydrogens (primary N) is 1. The Labute approximate surface area is 121 Å². The second kappa shape index (κ2) is 9.27. The first-order chi connectivity index (χ1) is 7.68. The van der Waals surface area contributed by atoms with Gasteiger partial charge in [-0.1, -0.05) is 32.0 Å². The molecule has 0 atom stereocenters. The molecule has 3 nitrogen and oxygen atoms in total. The molecule has 1 aromatic carbocycles. The number of hydrogen-bond acceptors (Lipinski definition) is 1. The van der Waals surface area contributed by atoms with Crippen molar-refractivity contribution in [3.05, 3.63) is 30.3 Å². The van der Waals surface area contributed by atoms with Gasteiger partial charge < -0.3 is 11.1 Å². The fraction of sp³-hybridized carbons (Fsp3) is 0.462. The fourth-order valence-electron chi connectivity index (χ4n) is 1.41. The number of nitrogens with one attached hydrogen (secondary N) is 1. The van der Waals surface area contributed by atoms with E-state index in [2.05, 4.69) is 24.2 Å². The van der Waals surface area contributed by atoms with Gasteiger partial charge >= 0.3 is 0 Å². The van der Waals surface area contributed by atoms with E-state index < -0.39 is 0 Å². The first-order valence-corrected chi connectivity index (χ1v) is 5.80. The van der Waals surface area contributed by atoms with Crippen LogP contribution in [0.2, 0.25) is 0 Å². The average molecular weight is 347 g/mol. The van der Waals surface area contributed by atoms with Gasteiger partial charge in [0.1, 0.15) is 0 Å². The Bertz CT molecular complexity index is 323. The van der Waals surface area contributed by atoms with E-state index in [4.69, 9.17) is 5.73 Å². The maximum absolute atomic E-state index is 5.76. The highest BCUT2D eigenvalue weighted by Gasteiger charge is 1.95. The lowest BCUT2D eigenvalue weighted by Crippen LogP contribution is -2.22. The van der Waals surface area contributed by atoms with Gasteiger partial charge in [0, 0.05) is 12.2 Å². The van der Waals surface area contributed by atoms with E-state index >= 15 is 0 Å². The van der Waals surface area contributed by atoms with Gasteiger partial charge in [0.05, 0.1) is 0 Å². The number of nitrogens with zero attached hydrogens (tertiary/aromatic N) is 1. The van der Waals surface area contributed by atoms with E-state index in [9.17, 15) is 0 Å². The molecule has 0 unspecified atom stereocenters. The predicted molar refractivity (Wildman–Crippen MR) is 86.0 cm³/mol. The molecule has 0 bridgehead atoms. The molecular weight excluding hydrogens is 325 g/mol. The number of hydrogen-bond donors (Lipinski definition) is 2. The average Bonchev–Trinajstić information content (AvgIpc) is 2.25. The molecule has 4 heteroatoms. The second-order valence-electron chi connectivity index (χ2n) is 4.29. The Balaban J connectivity index is 0.00000256. The zero-order chi connectivity index (χ0) is 11.8. The van der Waals surface area contributed by atoms with Gasteiger partial charge in [-0.3, -0.25) is 4.99 Å². The number of aliphatic imine (C=N–C) groups is 1. The summed E-state index contributed by atoms with van der Waals surface area (Å²) < 4.78 is 0. The number of rotatable bonds is 5. The molecular formula is C13H22IN3. The SMILES string of the molecule is CC(C)CCCN=C(N)Nc1ccccc1.I.